The van der Waals surface area contributed by atoms with Crippen LogP contribution in [0.1, 0.15) is 30.2 Å². The van der Waals surface area contributed by atoms with Crippen molar-refractivity contribution in [3.05, 3.63) is 53.7 Å². The molecule has 0 aliphatic heterocycles. The Morgan fingerprint density at radius 2 is 2.07 bits per heavy atom. The first-order chi connectivity index (χ1) is 7.25. The molecule has 0 spiro atoms. The molecule has 0 aliphatic rings. The summed E-state index contributed by atoms with van der Waals surface area (Å²) in [5.41, 5.74) is 1.73. The van der Waals surface area contributed by atoms with Crippen LogP contribution in [0.15, 0.2) is 41.0 Å². The zero-order valence-corrected chi connectivity index (χ0v) is 8.55. The van der Waals surface area contributed by atoms with Crippen LogP contribution in [0, 0.1) is 0 Å². The molecule has 15 heavy (non-hydrogen) atoms. The highest BCUT2D eigenvalue weighted by atomic mass is 16.3. The number of nitrogens with zero attached hydrogens (tertiary/aromatic N) is 1. The molecular formula is C12H13NO2. The van der Waals surface area contributed by atoms with Crippen LogP contribution in [0.5, 0.6) is 0 Å². The average Bonchev–Trinajstić information content (AvgIpc) is 2.68. The van der Waals surface area contributed by atoms with Crippen molar-refractivity contribution in [3.8, 4) is 0 Å². The van der Waals surface area contributed by atoms with Crippen molar-refractivity contribution in [1.29, 1.82) is 0 Å². The fourth-order valence-electron chi connectivity index (χ4n) is 1.37. The van der Waals surface area contributed by atoms with Crippen LogP contribution in [-0.4, -0.2) is 10.1 Å². The van der Waals surface area contributed by atoms with Gasteiger partial charge in [-0.3, -0.25) is 0 Å². The molecule has 2 rings (SSSR count). The molecule has 1 N–H and O–H groups in total. The zero-order valence-electron chi connectivity index (χ0n) is 8.55. The van der Waals surface area contributed by atoms with E-state index < -0.39 is 6.10 Å². The molecule has 1 heterocycles. The van der Waals surface area contributed by atoms with Crippen LogP contribution in [0.2, 0.25) is 0 Å². The largest absolute Gasteiger partial charge is 0.448 e. The topological polar surface area (TPSA) is 46.3 Å². The van der Waals surface area contributed by atoms with Gasteiger partial charge in [0.05, 0.1) is 6.10 Å². The lowest BCUT2D eigenvalue weighted by molar-refractivity contribution is 0.194. The summed E-state index contributed by atoms with van der Waals surface area (Å²) >= 11 is 0. The van der Waals surface area contributed by atoms with E-state index in [-0.39, 0.29) is 0 Å². The Balaban J connectivity index is 2.12. The van der Waals surface area contributed by atoms with E-state index >= 15 is 0 Å². The van der Waals surface area contributed by atoms with Gasteiger partial charge in [0.2, 0.25) is 0 Å². The van der Waals surface area contributed by atoms with Crippen molar-refractivity contribution in [2.75, 3.05) is 0 Å². The summed E-state index contributed by atoms with van der Waals surface area (Å²) in [6, 6.07) is 9.97. The maximum Gasteiger partial charge on any atom is 0.198 e. The Kier molecular flexibility index (Phi) is 2.83. The van der Waals surface area contributed by atoms with Crippen LogP contribution in [0.25, 0.3) is 0 Å². The van der Waals surface area contributed by atoms with Crippen LogP contribution < -0.4 is 0 Å². The summed E-state index contributed by atoms with van der Waals surface area (Å²) in [5, 5.41) is 9.28. The fraction of sp³-hybridized carbons (Fsp3) is 0.250. The van der Waals surface area contributed by atoms with Gasteiger partial charge in [0, 0.05) is 6.42 Å². The van der Waals surface area contributed by atoms with Crippen LogP contribution >= 0.6 is 0 Å². The molecule has 1 aromatic heterocycles. The minimum Gasteiger partial charge on any atom is -0.448 e. The first-order valence-electron chi connectivity index (χ1n) is 4.92. The number of benzene rings is 1. The van der Waals surface area contributed by atoms with E-state index in [1.165, 1.54) is 6.26 Å². The number of oxazole rings is 1. The molecule has 0 fully saturated rings. The molecule has 1 aromatic carbocycles. The molecular weight excluding hydrogens is 190 g/mol. The third-order valence-electron chi connectivity index (χ3n) is 2.20. The first kappa shape index (κ1) is 9.93. The number of hydrogen-bond acceptors (Lipinski definition) is 3. The van der Waals surface area contributed by atoms with Gasteiger partial charge in [-0.15, -0.1) is 0 Å². The summed E-state index contributed by atoms with van der Waals surface area (Å²) in [7, 11) is 0. The fourth-order valence-corrected chi connectivity index (χ4v) is 1.37. The number of rotatable bonds is 3. The van der Waals surface area contributed by atoms with Crippen LogP contribution in [-0.2, 0) is 6.42 Å². The summed E-state index contributed by atoms with van der Waals surface area (Å²) in [6.45, 7) is 1.67. The summed E-state index contributed by atoms with van der Waals surface area (Å²) in [6.07, 6.45) is 1.59. The minimum absolute atomic E-state index is 0.571. The molecule has 0 saturated heterocycles. The molecule has 78 valence electrons. The average molecular weight is 203 g/mol. The van der Waals surface area contributed by atoms with E-state index in [9.17, 15) is 5.11 Å². The standard InChI is InChI=1S/C12H13NO2/c1-9(14)11-8-15-12(13-11)7-10-5-3-2-4-6-10/h2-6,8-9,14H,7H2,1H3. The van der Waals surface area contributed by atoms with Gasteiger partial charge < -0.3 is 9.52 Å². The number of aromatic nitrogens is 1. The normalized spacial score (nSPS) is 12.7. The Hall–Kier alpha value is -1.61. The zero-order chi connectivity index (χ0) is 10.7. The predicted molar refractivity (Wildman–Crippen MR) is 56.4 cm³/mol. The molecule has 0 bridgehead atoms. The van der Waals surface area contributed by atoms with E-state index in [0.29, 0.717) is 18.0 Å². The lowest BCUT2D eigenvalue weighted by Crippen LogP contribution is -1.92. The SMILES string of the molecule is CC(O)c1coc(Cc2ccccc2)n1. The molecule has 0 saturated carbocycles. The van der Waals surface area contributed by atoms with Crippen molar-refractivity contribution in [1.82, 2.24) is 4.98 Å². The highest BCUT2D eigenvalue weighted by molar-refractivity contribution is 5.18. The summed E-state index contributed by atoms with van der Waals surface area (Å²) in [4.78, 5) is 4.19. The quantitative estimate of drug-likeness (QED) is 0.832. The van der Waals surface area contributed by atoms with Gasteiger partial charge in [0.15, 0.2) is 5.89 Å². The van der Waals surface area contributed by atoms with Gasteiger partial charge in [0.25, 0.3) is 0 Å². The maximum atomic E-state index is 9.28. The Morgan fingerprint density at radius 3 is 2.67 bits per heavy atom. The van der Waals surface area contributed by atoms with E-state index in [1.807, 2.05) is 30.3 Å². The second-order valence-electron chi connectivity index (χ2n) is 3.50. The van der Waals surface area contributed by atoms with E-state index in [4.69, 9.17) is 4.42 Å². The highest BCUT2D eigenvalue weighted by Gasteiger charge is 2.08. The van der Waals surface area contributed by atoms with Gasteiger partial charge in [-0.2, -0.15) is 0 Å². The van der Waals surface area contributed by atoms with Gasteiger partial charge in [-0.05, 0) is 12.5 Å². The third-order valence-corrected chi connectivity index (χ3v) is 2.20. The van der Waals surface area contributed by atoms with Crippen LogP contribution in [0.4, 0.5) is 0 Å². The van der Waals surface area contributed by atoms with Gasteiger partial charge in [-0.25, -0.2) is 4.98 Å². The van der Waals surface area contributed by atoms with Crippen molar-refractivity contribution >= 4 is 0 Å². The van der Waals surface area contributed by atoms with Crippen molar-refractivity contribution in [2.24, 2.45) is 0 Å². The lowest BCUT2D eigenvalue weighted by Gasteiger charge is -1.96. The predicted octanol–water partition coefficient (Wildman–Crippen LogP) is 2.32. The van der Waals surface area contributed by atoms with Gasteiger partial charge >= 0.3 is 0 Å². The van der Waals surface area contributed by atoms with Gasteiger partial charge in [0.1, 0.15) is 12.0 Å². The minimum atomic E-state index is -0.571. The van der Waals surface area contributed by atoms with E-state index in [2.05, 4.69) is 4.98 Å². The monoisotopic (exact) mass is 203 g/mol. The number of hydrogen-bond donors (Lipinski definition) is 1. The second kappa shape index (κ2) is 4.28. The number of aliphatic hydroxyl groups is 1. The first-order valence-corrected chi connectivity index (χ1v) is 4.92. The Labute approximate surface area is 88.4 Å². The lowest BCUT2D eigenvalue weighted by atomic mass is 10.1. The molecule has 3 nitrogen and oxygen atoms in total. The molecule has 1 unspecified atom stereocenters. The van der Waals surface area contributed by atoms with Crippen LogP contribution in [0.3, 0.4) is 0 Å². The molecule has 0 aliphatic carbocycles. The van der Waals surface area contributed by atoms with Crippen molar-refractivity contribution in [3.63, 3.8) is 0 Å². The molecule has 0 amide bonds. The summed E-state index contributed by atoms with van der Waals surface area (Å²) in [5.74, 6) is 0.636. The van der Waals surface area contributed by atoms with E-state index in [0.717, 1.165) is 5.56 Å². The highest BCUT2D eigenvalue weighted by Crippen LogP contribution is 2.13. The molecule has 0 radical (unpaired) electrons. The Morgan fingerprint density at radius 1 is 1.33 bits per heavy atom. The Bertz CT molecular complexity index is 420. The molecule has 3 heteroatoms. The molecule has 2 aromatic rings. The van der Waals surface area contributed by atoms with Gasteiger partial charge in [-0.1, -0.05) is 30.3 Å². The maximum absolute atomic E-state index is 9.28. The molecule has 1 atom stereocenters. The van der Waals surface area contributed by atoms with Crippen molar-refractivity contribution < 1.29 is 9.52 Å². The smallest absolute Gasteiger partial charge is 0.198 e. The number of aliphatic hydroxyl groups excluding tert-OH is 1. The van der Waals surface area contributed by atoms with E-state index in [1.54, 1.807) is 6.92 Å². The third kappa shape index (κ3) is 2.44. The van der Waals surface area contributed by atoms with Crippen molar-refractivity contribution in [2.45, 2.75) is 19.4 Å². The second-order valence-corrected chi connectivity index (χ2v) is 3.50. The summed E-state index contributed by atoms with van der Waals surface area (Å²) < 4.78 is 5.26.